The largest absolute Gasteiger partial charge is 0.490 e. The molecular weight excluding hydrogens is 312 g/mol. The first-order valence-electron chi connectivity index (χ1n) is 7.92. The maximum absolute atomic E-state index is 11.3. The van der Waals surface area contributed by atoms with Crippen molar-refractivity contribution >= 4 is 11.5 Å². The Labute approximate surface area is 139 Å². The average Bonchev–Trinajstić information content (AvgIpc) is 2.73. The Balaban J connectivity index is 1.80. The Morgan fingerprint density at radius 3 is 2.79 bits per heavy atom. The number of aromatic nitrogens is 2. The van der Waals surface area contributed by atoms with Gasteiger partial charge in [-0.15, -0.1) is 0 Å². The van der Waals surface area contributed by atoms with Crippen molar-refractivity contribution in [2.24, 2.45) is 7.05 Å². The second kappa shape index (κ2) is 6.77. The van der Waals surface area contributed by atoms with E-state index in [1.807, 2.05) is 25.1 Å². The van der Waals surface area contributed by atoms with Crippen LogP contribution in [0.1, 0.15) is 24.6 Å². The van der Waals surface area contributed by atoms with Crippen molar-refractivity contribution in [2.75, 3.05) is 18.5 Å². The molecule has 1 N–H and O–H groups in total. The molecule has 1 aliphatic heterocycles. The van der Waals surface area contributed by atoms with Gasteiger partial charge < -0.3 is 14.8 Å². The van der Waals surface area contributed by atoms with Crippen LogP contribution < -0.4 is 14.8 Å². The fourth-order valence-corrected chi connectivity index (χ4v) is 2.70. The number of benzene rings is 1. The van der Waals surface area contributed by atoms with E-state index in [1.165, 1.54) is 4.68 Å². The van der Waals surface area contributed by atoms with E-state index in [-0.39, 0.29) is 10.6 Å². The molecule has 1 aliphatic rings. The van der Waals surface area contributed by atoms with Gasteiger partial charge in [-0.25, -0.2) is 4.68 Å². The molecule has 8 heteroatoms. The molecule has 0 bridgehead atoms. The zero-order valence-corrected chi connectivity index (χ0v) is 13.7. The lowest BCUT2D eigenvalue weighted by molar-refractivity contribution is -0.384. The van der Waals surface area contributed by atoms with Gasteiger partial charge in [0, 0.05) is 20.0 Å². The van der Waals surface area contributed by atoms with Gasteiger partial charge >= 0.3 is 5.69 Å². The summed E-state index contributed by atoms with van der Waals surface area (Å²) in [5.41, 5.74) is 1.46. The third kappa shape index (κ3) is 3.12. The Bertz CT molecular complexity index is 757. The van der Waals surface area contributed by atoms with E-state index < -0.39 is 0 Å². The third-order valence-electron chi connectivity index (χ3n) is 3.88. The van der Waals surface area contributed by atoms with Gasteiger partial charge in [-0.2, -0.15) is 5.10 Å². The molecule has 1 aromatic carbocycles. The molecule has 2 heterocycles. The van der Waals surface area contributed by atoms with Crippen molar-refractivity contribution in [3.05, 3.63) is 39.6 Å². The fraction of sp³-hybridized carbons (Fsp3) is 0.438. The van der Waals surface area contributed by atoms with Gasteiger partial charge in [-0.3, -0.25) is 10.1 Å². The Morgan fingerprint density at radius 1 is 1.33 bits per heavy atom. The highest BCUT2D eigenvalue weighted by atomic mass is 16.6. The fourth-order valence-electron chi connectivity index (χ4n) is 2.70. The zero-order chi connectivity index (χ0) is 17.1. The lowest BCUT2D eigenvalue weighted by Crippen LogP contribution is -2.06. The number of hydrogen-bond acceptors (Lipinski definition) is 6. The van der Waals surface area contributed by atoms with Crippen molar-refractivity contribution in [1.82, 2.24) is 9.78 Å². The summed E-state index contributed by atoms with van der Waals surface area (Å²) in [5.74, 6) is 1.85. The highest BCUT2D eigenvalue weighted by Gasteiger charge is 2.25. The zero-order valence-electron chi connectivity index (χ0n) is 13.7. The molecule has 0 amide bonds. The van der Waals surface area contributed by atoms with Gasteiger partial charge in [0.05, 0.1) is 18.1 Å². The number of aryl methyl sites for hydroxylation is 2. The number of nitrogens with zero attached hydrogens (tertiary/aromatic N) is 3. The van der Waals surface area contributed by atoms with Crippen LogP contribution in [0.25, 0.3) is 0 Å². The lowest BCUT2D eigenvalue weighted by Gasteiger charge is -2.10. The van der Waals surface area contributed by atoms with Crippen LogP contribution in [-0.4, -0.2) is 27.9 Å². The molecule has 0 aliphatic carbocycles. The number of rotatable bonds is 5. The Kier molecular flexibility index (Phi) is 4.54. The van der Waals surface area contributed by atoms with Crippen LogP contribution in [0.2, 0.25) is 0 Å². The van der Waals surface area contributed by atoms with Crippen LogP contribution in [0.3, 0.4) is 0 Å². The minimum atomic E-state index is -0.387. The molecule has 8 nitrogen and oxygen atoms in total. The molecule has 1 aromatic heterocycles. The number of hydrogen-bond donors (Lipinski definition) is 1. The summed E-state index contributed by atoms with van der Waals surface area (Å²) >= 11 is 0. The molecule has 0 fully saturated rings. The summed E-state index contributed by atoms with van der Waals surface area (Å²) in [7, 11) is 1.70. The molecular formula is C16H20N4O4. The maximum atomic E-state index is 11.3. The predicted octanol–water partition coefficient (Wildman–Crippen LogP) is 2.66. The van der Waals surface area contributed by atoms with E-state index in [9.17, 15) is 10.1 Å². The Morgan fingerprint density at radius 2 is 2.08 bits per heavy atom. The van der Waals surface area contributed by atoms with Gasteiger partial charge in [-0.1, -0.05) is 13.0 Å². The number of fused-ring (bicyclic) bond motifs is 1. The number of nitro groups is 1. The second-order valence-corrected chi connectivity index (χ2v) is 5.56. The lowest BCUT2D eigenvalue weighted by atomic mass is 10.2. The molecule has 0 atom stereocenters. The average molecular weight is 332 g/mol. The SMILES string of the molecule is CCc1nn(C)c(NCc2ccc3c(c2)OCCCO3)c1[N+](=O)[O-]. The number of anilines is 1. The summed E-state index contributed by atoms with van der Waals surface area (Å²) in [6, 6.07) is 5.69. The van der Waals surface area contributed by atoms with E-state index >= 15 is 0 Å². The van der Waals surface area contributed by atoms with Gasteiger partial charge in [-0.05, 0) is 24.1 Å². The van der Waals surface area contributed by atoms with Crippen LogP contribution in [-0.2, 0) is 20.0 Å². The van der Waals surface area contributed by atoms with E-state index in [2.05, 4.69) is 10.4 Å². The molecule has 2 aromatic rings. The Hall–Kier alpha value is -2.77. The highest BCUT2D eigenvalue weighted by molar-refractivity contribution is 5.60. The smallest absolute Gasteiger partial charge is 0.333 e. The number of ether oxygens (including phenoxy) is 2. The van der Waals surface area contributed by atoms with Crippen LogP contribution in [0.5, 0.6) is 11.5 Å². The normalized spacial score (nSPS) is 13.4. The van der Waals surface area contributed by atoms with Gasteiger partial charge in [0.1, 0.15) is 5.69 Å². The van der Waals surface area contributed by atoms with Crippen molar-refractivity contribution in [3.63, 3.8) is 0 Å². The monoisotopic (exact) mass is 332 g/mol. The van der Waals surface area contributed by atoms with Crippen molar-refractivity contribution in [2.45, 2.75) is 26.3 Å². The van der Waals surface area contributed by atoms with Crippen LogP contribution in [0.15, 0.2) is 18.2 Å². The van der Waals surface area contributed by atoms with E-state index in [0.717, 1.165) is 17.7 Å². The summed E-state index contributed by atoms with van der Waals surface area (Å²) in [4.78, 5) is 10.9. The van der Waals surface area contributed by atoms with Crippen LogP contribution >= 0.6 is 0 Å². The van der Waals surface area contributed by atoms with E-state index in [1.54, 1.807) is 7.05 Å². The number of nitrogens with one attached hydrogen (secondary N) is 1. The third-order valence-corrected chi connectivity index (χ3v) is 3.88. The topological polar surface area (TPSA) is 91.5 Å². The molecule has 0 saturated carbocycles. The van der Waals surface area contributed by atoms with Crippen molar-refractivity contribution < 1.29 is 14.4 Å². The molecule has 3 rings (SSSR count). The minimum Gasteiger partial charge on any atom is -0.490 e. The first kappa shape index (κ1) is 16.1. The first-order chi connectivity index (χ1) is 11.6. The summed E-state index contributed by atoms with van der Waals surface area (Å²) in [6.07, 6.45) is 1.36. The summed E-state index contributed by atoms with van der Waals surface area (Å²) in [5, 5.41) is 18.7. The van der Waals surface area contributed by atoms with Crippen LogP contribution in [0.4, 0.5) is 11.5 Å². The summed E-state index contributed by atoms with van der Waals surface area (Å²) < 4.78 is 12.8. The second-order valence-electron chi connectivity index (χ2n) is 5.56. The van der Waals surface area contributed by atoms with E-state index in [0.29, 0.717) is 43.4 Å². The van der Waals surface area contributed by atoms with Crippen molar-refractivity contribution in [3.8, 4) is 11.5 Å². The van der Waals surface area contributed by atoms with Gasteiger partial charge in [0.15, 0.2) is 11.5 Å². The molecule has 0 unspecified atom stereocenters. The summed E-state index contributed by atoms with van der Waals surface area (Å²) in [6.45, 7) is 3.55. The first-order valence-corrected chi connectivity index (χ1v) is 7.92. The highest BCUT2D eigenvalue weighted by Crippen LogP contribution is 2.32. The quantitative estimate of drug-likeness (QED) is 0.668. The molecule has 128 valence electrons. The maximum Gasteiger partial charge on any atom is 0.333 e. The molecule has 0 radical (unpaired) electrons. The van der Waals surface area contributed by atoms with Gasteiger partial charge in [0.25, 0.3) is 0 Å². The van der Waals surface area contributed by atoms with E-state index in [4.69, 9.17) is 9.47 Å². The van der Waals surface area contributed by atoms with Crippen molar-refractivity contribution in [1.29, 1.82) is 0 Å². The van der Waals surface area contributed by atoms with Gasteiger partial charge in [0.2, 0.25) is 5.82 Å². The molecule has 0 saturated heterocycles. The minimum absolute atomic E-state index is 0.0364. The standard InChI is InChI=1S/C16H20N4O4/c1-3-12-15(20(21)22)16(19(2)18-12)17-10-11-5-6-13-14(9-11)24-8-4-7-23-13/h5-6,9,17H,3-4,7-8,10H2,1-2H3. The predicted molar refractivity (Wildman–Crippen MR) is 88.6 cm³/mol. The molecule has 24 heavy (non-hydrogen) atoms. The van der Waals surface area contributed by atoms with Crippen LogP contribution in [0, 0.1) is 10.1 Å². The molecule has 0 spiro atoms.